The molecule has 0 saturated carbocycles. The number of rotatable bonds is 6. The highest BCUT2D eigenvalue weighted by molar-refractivity contribution is 9.10. The van der Waals surface area contributed by atoms with Crippen LogP contribution in [0.15, 0.2) is 22.7 Å². The van der Waals surface area contributed by atoms with Gasteiger partial charge in [0.15, 0.2) is 0 Å². The van der Waals surface area contributed by atoms with Crippen molar-refractivity contribution >= 4 is 15.9 Å². The van der Waals surface area contributed by atoms with Crippen LogP contribution in [0.2, 0.25) is 0 Å². The van der Waals surface area contributed by atoms with Crippen LogP contribution < -0.4 is 5.32 Å². The van der Waals surface area contributed by atoms with E-state index in [1.54, 1.807) is 6.07 Å². The van der Waals surface area contributed by atoms with Crippen LogP contribution in [0.25, 0.3) is 0 Å². The van der Waals surface area contributed by atoms with Gasteiger partial charge < -0.3 is 5.32 Å². The molecule has 1 aromatic heterocycles. The average Bonchev–Trinajstić information content (AvgIpc) is 2.70. The fourth-order valence-corrected chi connectivity index (χ4v) is 2.88. The van der Waals surface area contributed by atoms with Crippen LogP contribution in [-0.4, -0.2) is 22.9 Å². The summed E-state index contributed by atoms with van der Waals surface area (Å²) in [6.07, 6.45) is 0.985. The van der Waals surface area contributed by atoms with E-state index in [9.17, 15) is 4.39 Å². The number of aromatic nitrogens is 2. The molecular weight excluding hydrogens is 333 g/mol. The Morgan fingerprint density at radius 2 is 2.10 bits per heavy atom. The zero-order valence-electron chi connectivity index (χ0n) is 12.7. The highest BCUT2D eigenvalue weighted by atomic mass is 79.9. The van der Waals surface area contributed by atoms with Gasteiger partial charge in [-0.25, -0.2) is 4.39 Å². The lowest BCUT2D eigenvalue weighted by atomic mass is 10.1. The van der Waals surface area contributed by atoms with Gasteiger partial charge >= 0.3 is 0 Å². The van der Waals surface area contributed by atoms with Gasteiger partial charge in [0.2, 0.25) is 0 Å². The van der Waals surface area contributed by atoms with E-state index in [0.29, 0.717) is 11.0 Å². The number of nitrogens with one attached hydrogen (secondary N) is 1. The van der Waals surface area contributed by atoms with Crippen molar-refractivity contribution in [3.8, 4) is 0 Å². The van der Waals surface area contributed by atoms with Crippen LogP contribution in [0.3, 0.4) is 0 Å². The van der Waals surface area contributed by atoms with Crippen molar-refractivity contribution in [2.24, 2.45) is 0 Å². The van der Waals surface area contributed by atoms with Crippen molar-refractivity contribution in [3.05, 3.63) is 51.0 Å². The molecule has 0 aliphatic carbocycles. The summed E-state index contributed by atoms with van der Waals surface area (Å²) < 4.78 is 15.8. The number of likely N-dealkylation sites (N-methyl/N-ethyl adjacent to an activating group) is 1. The second kappa shape index (κ2) is 7.18. The Bertz CT molecular complexity index is 622. The lowest BCUT2D eigenvalue weighted by Gasteiger charge is -2.07. The summed E-state index contributed by atoms with van der Waals surface area (Å²) in [6, 6.07) is 5.09. The van der Waals surface area contributed by atoms with Crippen molar-refractivity contribution in [2.75, 3.05) is 13.1 Å². The quantitative estimate of drug-likeness (QED) is 0.804. The molecule has 0 fully saturated rings. The van der Waals surface area contributed by atoms with E-state index in [1.807, 2.05) is 17.7 Å². The largest absolute Gasteiger partial charge is 0.317 e. The standard InChI is InChI=1S/C16H21BrFN3/c1-4-19-8-7-14-11(2)20-21(12(14)3)10-13-5-6-16(18)15(17)9-13/h5-6,9,19H,4,7-8,10H2,1-3H3. The van der Waals surface area contributed by atoms with Crippen molar-refractivity contribution in [1.29, 1.82) is 0 Å². The normalized spacial score (nSPS) is 11.1. The molecule has 0 spiro atoms. The monoisotopic (exact) mass is 353 g/mol. The number of hydrogen-bond donors (Lipinski definition) is 1. The summed E-state index contributed by atoms with van der Waals surface area (Å²) in [5, 5.41) is 7.96. The maximum atomic E-state index is 13.3. The van der Waals surface area contributed by atoms with Crippen molar-refractivity contribution in [3.63, 3.8) is 0 Å². The van der Waals surface area contributed by atoms with Crippen LogP contribution in [-0.2, 0) is 13.0 Å². The Hall–Kier alpha value is -1.20. The summed E-state index contributed by atoms with van der Waals surface area (Å²) in [6.45, 7) is 8.86. The zero-order chi connectivity index (χ0) is 15.4. The zero-order valence-corrected chi connectivity index (χ0v) is 14.3. The van der Waals surface area contributed by atoms with Gasteiger partial charge in [0.05, 0.1) is 16.7 Å². The van der Waals surface area contributed by atoms with E-state index in [0.717, 1.165) is 30.8 Å². The van der Waals surface area contributed by atoms with Gasteiger partial charge in [0.1, 0.15) is 5.82 Å². The van der Waals surface area contributed by atoms with E-state index < -0.39 is 0 Å². The molecule has 0 bridgehead atoms. The molecule has 0 radical (unpaired) electrons. The molecule has 2 aromatic rings. The van der Waals surface area contributed by atoms with Crippen LogP contribution in [0.5, 0.6) is 0 Å². The van der Waals surface area contributed by atoms with Crippen LogP contribution in [0.1, 0.15) is 29.4 Å². The Kier molecular flexibility index (Phi) is 5.53. The third-order valence-corrected chi connectivity index (χ3v) is 4.26. The minimum absolute atomic E-state index is 0.238. The maximum absolute atomic E-state index is 13.3. The number of hydrogen-bond acceptors (Lipinski definition) is 2. The van der Waals surface area contributed by atoms with Gasteiger partial charge in [-0.15, -0.1) is 0 Å². The van der Waals surface area contributed by atoms with Gasteiger partial charge in [-0.2, -0.15) is 5.10 Å². The van der Waals surface area contributed by atoms with Crippen molar-refractivity contribution < 1.29 is 4.39 Å². The molecule has 5 heteroatoms. The first kappa shape index (κ1) is 16.2. The highest BCUT2D eigenvalue weighted by Crippen LogP contribution is 2.19. The van der Waals surface area contributed by atoms with Gasteiger partial charge in [0, 0.05) is 5.69 Å². The van der Waals surface area contributed by atoms with Gasteiger partial charge in [-0.3, -0.25) is 4.68 Å². The Morgan fingerprint density at radius 3 is 2.76 bits per heavy atom. The van der Waals surface area contributed by atoms with Gasteiger partial charge in [-0.1, -0.05) is 13.0 Å². The second-order valence-corrected chi connectivity index (χ2v) is 6.01. The van der Waals surface area contributed by atoms with Crippen LogP contribution in [0, 0.1) is 19.7 Å². The van der Waals surface area contributed by atoms with Gasteiger partial charge in [-0.05, 0) is 72.5 Å². The van der Waals surface area contributed by atoms with Crippen molar-refractivity contribution in [2.45, 2.75) is 33.7 Å². The molecule has 21 heavy (non-hydrogen) atoms. The van der Waals surface area contributed by atoms with E-state index in [4.69, 9.17) is 0 Å². The Labute approximate surface area is 133 Å². The first-order chi connectivity index (χ1) is 10.0. The van der Waals surface area contributed by atoms with Gasteiger partial charge in [0.25, 0.3) is 0 Å². The molecule has 0 unspecified atom stereocenters. The Balaban J connectivity index is 2.16. The Morgan fingerprint density at radius 1 is 1.33 bits per heavy atom. The second-order valence-electron chi connectivity index (χ2n) is 5.16. The summed E-state index contributed by atoms with van der Waals surface area (Å²) in [5.74, 6) is -0.238. The van der Waals surface area contributed by atoms with E-state index >= 15 is 0 Å². The SMILES string of the molecule is CCNCCc1c(C)nn(Cc2ccc(F)c(Br)c2)c1C. The van der Waals surface area contributed by atoms with E-state index in [1.165, 1.54) is 17.3 Å². The molecule has 0 saturated heterocycles. The van der Waals surface area contributed by atoms with Crippen LogP contribution in [0.4, 0.5) is 4.39 Å². The lowest BCUT2D eigenvalue weighted by Crippen LogP contribution is -2.16. The molecule has 114 valence electrons. The summed E-state index contributed by atoms with van der Waals surface area (Å²) in [4.78, 5) is 0. The molecule has 1 N–H and O–H groups in total. The highest BCUT2D eigenvalue weighted by Gasteiger charge is 2.11. The lowest BCUT2D eigenvalue weighted by molar-refractivity contribution is 0.616. The maximum Gasteiger partial charge on any atom is 0.137 e. The third-order valence-electron chi connectivity index (χ3n) is 3.65. The first-order valence-electron chi connectivity index (χ1n) is 7.20. The predicted molar refractivity (Wildman–Crippen MR) is 87.2 cm³/mol. The predicted octanol–water partition coefficient (Wildman–Crippen LogP) is 3.60. The number of halogens is 2. The number of aryl methyl sites for hydroxylation is 1. The summed E-state index contributed by atoms with van der Waals surface area (Å²) in [7, 11) is 0. The topological polar surface area (TPSA) is 29.9 Å². The van der Waals surface area contributed by atoms with E-state index in [-0.39, 0.29) is 5.82 Å². The summed E-state index contributed by atoms with van der Waals surface area (Å²) in [5.41, 5.74) is 4.60. The summed E-state index contributed by atoms with van der Waals surface area (Å²) >= 11 is 3.23. The molecule has 1 heterocycles. The number of benzene rings is 1. The molecule has 0 aliphatic heterocycles. The van der Waals surface area contributed by atoms with E-state index in [2.05, 4.69) is 40.2 Å². The molecule has 1 aromatic carbocycles. The average molecular weight is 354 g/mol. The molecule has 0 atom stereocenters. The smallest absolute Gasteiger partial charge is 0.137 e. The first-order valence-corrected chi connectivity index (χ1v) is 7.99. The minimum atomic E-state index is -0.238. The molecule has 0 aliphatic rings. The van der Waals surface area contributed by atoms with Crippen molar-refractivity contribution in [1.82, 2.24) is 15.1 Å². The third kappa shape index (κ3) is 3.92. The number of nitrogens with zero attached hydrogens (tertiary/aromatic N) is 2. The molecular formula is C16H21BrFN3. The van der Waals surface area contributed by atoms with Crippen LogP contribution >= 0.6 is 15.9 Å². The molecule has 2 rings (SSSR count). The minimum Gasteiger partial charge on any atom is -0.317 e. The fraction of sp³-hybridized carbons (Fsp3) is 0.438. The fourth-order valence-electron chi connectivity index (χ4n) is 2.45. The molecule has 0 amide bonds. The molecule has 3 nitrogen and oxygen atoms in total.